The van der Waals surface area contributed by atoms with Gasteiger partial charge in [0.2, 0.25) is 5.88 Å². The number of ether oxygens (including phenoxy) is 1. The number of ketones is 1. The van der Waals surface area contributed by atoms with Crippen LogP contribution in [0.15, 0.2) is 73.7 Å². The van der Waals surface area contributed by atoms with Crippen LogP contribution >= 0.6 is 11.6 Å². The Hall–Kier alpha value is -4.28. The first kappa shape index (κ1) is 23.9. The molecule has 1 atom stereocenters. The number of carbonyl (C=O) groups is 2. The first-order valence-electron chi connectivity index (χ1n) is 10.4. The number of amides is 1. The lowest BCUT2D eigenvalue weighted by atomic mass is 9.95. The molecule has 2 aromatic heterocycles. The molecule has 9 nitrogen and oxygen atoms in total. The maximum Gasteiger partial charge on any atom is 0.251 e. The Morgan fingerprint density at radius 1 is 1.26 bits per heavy atom. The minimum Gasteiger partial charge on any atom is -0.437 e. The van der Waals surface area contributed by atoms with E-state index in [0.717, 1.165) is 0 Å². The lowest BCUT2D eigenvalue weighted by Crippen LogP contribution is -2.56. The summed E-state index contributed by atoms with van der Waals surface area (Å²) in [6, 6.07) is 8.87. The normalized spacial score (nSPS) is 15.7. The van der Waals surface area contributed by atoms with E-state index in [-0.39, 0.29) is 34.6 Å². The molecule has 4 N–H and O–H groups in total. The molecular weight excluding hydrogens is 475 g/mol. The topological polar surface area (TPSA) is 122 Å². The van der Waals surface area contributed by atoms with E-state index >= 15 is 0 Å². The predicted octanol–water partition coefficient (Wildman–Crippen LogP) is 3.57. The van der Waals surface area contributed by atoms with E-state index in [0.29, 0.717) is 11.3 Å². The van der Waals surface area contributed by atoms with E-state index in [9.17, 15) is 14.0 Å². The van der Waals surface area contributed by atoms with Gasteiger partial charge in [-0.3, -0.25) is 9.59 Å². The number of hydrogen-bond donors (Lipinski definition) is 3. The lowest BCUT2D eigenvalue weighted by molar-refractivity contribution is -0.131. The number of carbonyl (C=O) groups excluding carboxylic acids is 2. The van der Waals surface area contributed by atoms with Crippen molar-refractivity contribution in [1.29, 1.82) is 0 Å². The third-order valence-electron chi connectivity index (χ3n) is 5.03. The zero-order valence-corrected chi connectivity index (χ0v) is 19.0. The van der Waals surface area contributed by atoms with Crippen molar-refractivity contribution in [2.24, 2.45) is 0 Å². The fourth-order valence-electron chi connectivity index (χ4n) is 3.35. The summed E-state index contributed by atoms with van der Waals surface area (Å²) in [5, 5.41) is 4.28. The summed E-state index contributed by atoms with van der Waals surface area (Å²) in [6.45, 7) is 3.89. The Kier molecular flexibility index (Phi) is 7.04. The van der Waals surface area contributed by atoms with Crippen LogP contribution in [-0.2, 0) is 9.59 Å². The van der Waals surface area contributed by atoms with Crippen LogP contribution < -0.4 is 21.2 Å². The molecule has 3 aromatic rings. The van der Waals surface area contributed by atoms with Gasteiger partial charge in [0.05, 0.1) is 11.9 Å². The Morgan fingerprint density at radius 3 is 2.71 bits per heavy atom. The Morgan fingerprint density at radius 2 is 2.03 bits per heavy atom. The summed E-state index contributed by atoms with van der Waals surface area (Å²) < 4.78 is 18.9. The quantitative estimate of drug-likeness (QED) is 0.336. The summed E-state index contributed by atoms with van der Waals surface area (Å²) >= 11 is 6.08. The molecule has 11 heteroatoms. The molecule has 0 bridgehead atoms. The van der Waals surface area contributed by atoms with Gasteiger partial charge >= 0.3 is 0 Å². The van der Waals surface area contributed by atoms with Crippen molar-refractivity contribution < 1.29 is 18.7 Å². The third-order valence-corrected chi connectivity index (χ3v) is 5.41. The number of aromatic nitrogens is 2. The minimum absolute atomic E-state index is 0.122. The summed E-state index contributed by atoms with van der Waals surface area (Å²) in [6.07, 6.45) is 5.86. The molecule has 0 aliphatic carbocycles. The SMILES string of the molecule is C=CCN1NC=C(c2ccc(F)cc2)C(=O)C1C(=O)Nc1ccc(Oc2ccnc(N)c2Cl)nc1. The number of nitrogens with one attached hydrogen (secondary N) is 2. The molecule has 0 saturated carbocycles. The van der Waals surface area contributed by atoms with Crippen LogP contribution in [0.4, 0.5) is 15.9 Å². The smallest absolute Gasteiger partial charge is 0.251 e. The molecule has 1 aliphatic rings. The second kappa shape index (κ2) is 10.3. The van der Waals surface area contributed by atoms with Crippen LogP contribution in [0.1, 0.15) is 5.56 Å². The van der Waals surface area contributed by atoms with E-state index in [1.807, 2.05) is 0 Å². The molecule has 1 aliphatic heterocycles. The van der Waals surface area contributed by atoms with Gasteiger partial charge in [0.1, 0.15) is 16.7 Å². The predicted molar refractivity (Wildman–Crippen MR) is 130 cm³/mol. The lowest BCUT2D eigenvalue weighted by Gasteiger charge is -2.33. The number of benzene rings is 1. The van der Waals surface area contributed by atoms with Crippen molar-refractivity contribution >= 4 is 40.4 Å². The number of rotatable bonds is 7. The number of nitrogens with zero attached hydrogens (tertiary/aromatic N) is 3. The van der Waals surface area contributed by atoms with Gasteiger partial charge in [-0.05, 0) is 23.8 Å². The number of hydrazine groups is 1. The van der Waals surface area contributed by atoms with Crippen LogP contribution in [-0.4, -0.2) is 39.3 Å². The highest BCUT2D eigenvalue weighted by Gasteiger charge is 2.37. The standard InChI is InChI=1S/C24H20ClFN6O3/c1-2-11-32-21(22(33)17(13-30-32)14-3-5-15(26)6-4-14)24(34)31-16-7-8-19(29-12-16)35-18-9-10-28-23(27)20(18)25/h2-10,12-13,21,30H,1,11H2,(H2,27,28)(H,31,34). The number of anilines is 2. The van der Waals surface area contributed by atoms with Crippen molar-refractivity contribution in [1.82, 2.24) is 20.4 Å². The van der Waals surface area contributed by atoms with Gasteiger partial charge in [-0.1, -0.05) is 29.8 Å². The van der Waals surface area contributed by atoms with Crippen LogP contribution in [0.25, 0.3) is 5.57 Å². The summed E-state index contributed by atoms with van der Waals surface area (Å²) in [4.78, 5) is 34.4. The Bertz CT molecular complexity index is 1300. The number of halogens is 2. The molecule has 1 aromatic carbocycles. The second-order valence-corrected chi connectivity index (χ2v) is 7.76. The molecular formula is C24H20ClFN6O3. The molecule has 178 valence electrons. The van der Waals surface area contributed by atoms with Crippen LogP contribution in [0, 0.1) is 5.82 Å². The Balaban J connectivity index is 1.50. The second-order valence-electron chi connectivity index (χ2n) is 7.39. The molecule has 0 fully saturated rings. The first-order chi connectivity index (χ1) is 16.9. The van der Waals surface area contributed by atoms with E-state index in [1.54, 1.807) is 12.1 Å². The van der Waals surface area contributed by atoms with E-state index in [4.69, 9.17) is 22.1 Å². The van der Waals surface area contributed by atoms with Crippen molar-refractivity contribution in [2.75, 3.05) is 17.6 Å². The van der Waals surface area contributed by atoms with E-state index in [2.05, 4.69) is 27.3 Å². The number of hydrogen-bond acceptors (Lipinski definition) is 8. The molecule has 1 amide bonds. The van der Waals surface area contributed by atoms with Gasteiger partial charge in [0.25, 0.3) is 5.91 Å². The fraction of sp³-hybridized carbons (Fsp3) is 0.0833. The fourth-order valence-corrected chi connectivity index (χ4v) is 3.50. The van der Waals surface area contributed by atoms with Gasteiger partial charge < -0.3 is 21.2 Å². The molecule has 35 heavy (non-hydrogen) atoms. The first-order valence-corrected chi connectivity index (χ1v) is 10.7. The molecule has 0 saturated heterocycles. The summed E-state index contributed by atoms with van der Waals surface area (Å²) in [7, 11) is 0. The van der Waals surface area contributed by atoms with Gasteiger partial charge in [0.15, 0.2) is 17.6 Å². The number of nitrogens with two attached hydrogens (primary N) is 1. The van der Waals surface area contributed by atoms with Gasteiger partial charge in [-0.25, -0.2) is 19.4 Å². The highest BCUT2D eigenvalue weighted by molar-refractivity contribution is 6.34. The summed E-state index contributed by atoms with van der Waals surface area (Å²) in [5.41, 5.74) is 9.68. The van der Waals surface area contributed by atoms with Crippen LogP contribution in [0.3, 0.4) is 0 Å². The average Bonchev–Trinajstić information content (AvgIpc) is 2.84. The zero-order chi connectivity index (χ0) is 24.9. The average molecular weight is 495 g/mol. The maximum absolute atomic E-state index is 13.3. The minimum atomic E-state index is -1.20. The van der Waals surface area contributed by atoms with Crippen molar-refractivity contribution in [3.63, 3.8) is 0 Å². The van der Waals surface area contributed by atoms with E-state index < -0.39 is 23.5 Å². The van der Waals surface area contributed by atoms with Crippen LogP contribution in [0.2, 0.25) is 5.02 Å². The zero-order valence-electron chi connectivity index (χ0n) is 18.2. The number of pyridine rings is 2. The molecule has 3 heterocycles. The Labute approximate surface area is 205 Å². The summed E-state index contributed by atoms with van der Waals surface area (Å²) in [5.74, 6) is -0.854. The molecule has 0 spiro atoms. The molecule has 1 unspecified atom stereocenters. The monoisotopic (exact) mass is 494 g/mol. The molecule has 0 radical (unpaired) electrons. The van der Waals surface area contributed by atoms with Gasteiger partial charge in [-0.2, -0.15) is 0 Å². The van der Waals surface area contributed by atoms with Crippen molar-refractivity contribution in [3.05, 3.63) is 90.1 Å². The third kappa shape index (κ3) is 5.29. The number of Topliss-reactive ketones (excluding diaryl/α,β-unsaturated/α-hetero) is 1. The van der Waals surface area contributed by atoms with E-state index in [1.165, 1.54) is 60.0 Å². The number of nitrogen functional groups attached to an aromatic ring is 1. The van der Waals surface area contributed by atoms with Gasteiger partial charge in [0, 0.05) is 36.6 Å². The highest BCUT2D eigenvalue weighted by Crippen LogP contribution is 2.31. The van der Waals surface area contributed by atoms with Crippen LogP contribution in [0.5, 0.6) is 11.6 Å². The van der Waals surface area contributed by atoms with Crippen molar-refractivity contribution in [3.8, 4) is 11.6 Å². The van der Waals surface area contributed by atoms with Crippen molar-refractivity contribution in [2.45, 2.75) is 6.04 Å². The van der Waals surface area contributed by atoms with Gasteiger partial charge in [-0.15, -0.1) is 6.58 Å². The largest absolute Gasteiger partial charge is 0.437 e. The molecule has 4 rings (SSSR count). The highest BCUT2D eigenvalue weighted by atomic mass is 35.5. The maximum atomic E-state index is 13.3.